The van der Waals surface area contributed by atoms with Gasteiger partial charge in [-0.05, 0) is 18.1 Å². The maximum absolute atomic E-state index is 13.2. The van der Waals surface area contributed by atoms with E-state index in [2.05, 4.69) is 15.5 Å². The van der Waals surface area contributed by atoms with Crippen LogP contribution in [-0.4, -0.2) is 48.9 Å². The Balaban J connectivity index is 1.84. The highest BCUT2D eigenvalue weighted by Crippen LogP contribution is 2.36. The minimum absolute atomic E-state index is 0.0720. The molecule has 1 N–H and O–H groups in total. The van der Waals surface area contributed by atoms with Crippen LogP contribution in [0.4, 0.5) is 16.5 Å². The van der Waals surface area contributed by atoms with E-state index >= 15 is 0 Å². The van der Waals surface area contributed by atoms with Crippen molar-refractivity contribution in [2.75, 3.05) is 23.0 Å². The summed E-state index contributed by atoms with van der Waals surface area (Å²) in [6.07, 6.45) is 1.00. The van der Waals surface area contributed by atoms with E-state index in [0.717, 1.165) is 33.5 Å². The highest BCUT2D eigenvalue weighted by atomic mass is 32.2. The number of nitro groups is 1. The van der Waals surface area contributed by atoms with Crippen molar-refractivity contribution in [2.24, 2.45) is 0 Å². The molecule has 3 aromatic rings. The molecule has 0 saturated carbocycles. The topological polar surface area (TPSA) is 145 Å². The van der Waals surface area contributed by atoms with Gasteiger partial charge < -0.3 is 4.74 Å². The molecule has 1 heterocycles. The Morgan fingerprint density at radius 1 is 1.26 bits per heavy atom. The van der Waals surface area contributed by atoms with Crippen LogP contribution in [0.5, 0.6) is 5.75 Å². The molecule has 14 heteroatoms. The van der Waals surface area contributed by atoms with Gasteiger partial charge in [0.05, 0.1) is 18.3 Å². The molecule has 1 amide bonds. The van der Waals surface area contributed by atoms with Gasteiger partial charge in [-0.3, -0.25) is 24.5 Å². The fourth-order valence-corrected chi connectivity index (χ4v) is 6.14. The number of rotatable bonds is 11. The molecule has 11 nitrogen and oxygen atoms in total. The molecule has 0 spiro atoms. The van der Waals surface area contributed by atoms with Gasteiger partial charge in [0.15, 0.2) is 4.34 Å². The first-order chi connectivity index (χ1) is 16.6. The molecule has 1 atom stereocenters. The zero-order valence-corrected chi connectivity index (χ0v) is 21.5. The number of carbonyl (C=O) groups is 1. The van der Waals surface area contributed by atoms with E-state index in [9.17, 15) is 23.3 Å². The Labute approximate surface area is 210 Å². The first-order valence-corrected chi connectivity index (χ1v) is 13.9. The number of hydrogen-bond donors (Lipinski definition) is 1. The van der Waals surface area contributed by atoms with Gasteiger partial charge in [-0.25, -0.2) is 8.42 Å². The van der Waals surface area contributed by atoms with Gasteiger partial charge in [-0.15, -0.1) is 10.2 Å². The van der Waals surface area contributed by atoms with Crippen molar-refractivity contribution < 1.29 is 22.9 Å². The summed E-state index contributed by atoms with van der Waals surface area (Å²) in [6.45, 7) is 1.63. The number of non-ortho nitro benzene ring substituents is 1. The van der Waals surface area contributed by atoms with E-state index < -0.39 is 26.9 Å². The summed E-state index contributed by atoms with van der Waals surface area (Å²) in [5.74, 6) is 0.0974. The molecule has 35 heavy (non-hydrogen) atoms. The molecule has 186 valence electrons. The fourth-order valence-electron chi connectivity index (χ4n) is 3.23. The number of nitrogens with zero attached hydrogens (tertiary/aromatic N) is 4. The van der Waals surface area contributed by atoms with Crippen LogP contribution in [0.15, 0.2) is 52.9 Å². The van der Waals surface area contributed by atoms with Crippen LogP contribution in [0.3, 0.4) is 0 Å². The third-order valence-electron chi connectivity index (χ3n) is 4.78. The maximum atomic E-state index is 13.2. The molecular weight excluding hydrogens is 514 g/mol. The average molecular weight is 538 g/mol. The largest absolute Gasteiger partial charge is 0.495 e. The molecule has 0 aliphatic rings. The van der Waals surface area contributed by atoms with Crippen molar-refractivity contribution in [1.82, 2.24) is 10.2 Å². The van der Waals surface area contributed by atoms with Gasteiger partial charge in [0.1, 0.15) is 17.5 Å². The minimum atomic E-state index is -4.04. The summed E-state index contributed by atoms with van der Waals surface area (Å²) in [6, 6.07) is 12.1. The molecule has 1 aromatic heterocycles. The standard InChI is InChI=1S/C21H23N5O6S3/c1-4-16(25(35(3,30)31)17-12-15(26(28)29)10-11-18(17)32-2)19(27)22-20-23-24-21(34-20)33-13-14-8-6-5-7-9-14/h5-12,16H,4,13H2,1-3H3,(H,22,23,27). The summed E-state index contributed by atoms with van der Waals surface area (Å²) in [5, 5.41) is 22.2. The number of hydrogen-bond acceptors (Lipinski definition) is 10. The summed E-state index contributed by atoms with van der Waals surface area (Å²) in [4.78, 5) is 23.8. The Bertz CT molecular complexity index is 1300. The van der Waals surface area contributed by atoms with Gasteiger partial charge in [-0.1, -0.05) is 60.4 Å². The van der Waals surface area contributed by atoms with Gasteiger partial charge >= 0.3 is 0 Å². The summed E-state index contributed by atoms with van der Waals surface area (Å²) in [5.41, 5.74) is 0.663. The molecule has 0 saturated heterocycles. The number of thioether (sulfide) groups is 1. The number of nitrogens with one attached hydrogen (secondary N) is 1. The normalized spacial score (nSPS) is 12.1. The Kier molecular flexibility index (Phi) is 8.64. The number of ether oxygens (including phenoxy) is 1. The number of anilines is 2. The number of benzene rings is 2. The third-order valence-corrected chi connectivity index (χ3v) is 7.99. The van der Waals surface area contributed by atoms with E-state index in [4.69, 9.17) is 4.74 Å². The molecule has 2 aromatic carbocycles. The number of sulfonamides is 1. The second-order valence-electron chi connectivity index (χ2n) is 7.23. The Morgan fingerprint density at radius 3 is 2.57 bits per heavy atom. The van der Waals surface area contributed by atoms with Crippen molar-refractivity contribution in [3.05, 3.63) is 64.2 Å². The average Bonchev–Trinajstić information content (AvgIpc) is 3.27. The van der Waals surface area contributed by atoms with E-state index in [1.165, 1.54) is 31.0 Å². The maximum Gasteiger partial charge on any atom is 0.271 e. The van der Waals surface area contributed by atoms with Crippen molar-refractivity contribution >= 4 is 55.5 Å². The number of amides is 1. The molecule has 0 radical (unpaired) electrons. The van der Waals surface area contributed by atoms with Crippen molar-refractivity contribution in [3.63, 3.8) is 0 Å². The van der Waals surface area contributed by atoms with E-state index in [1.807, 2.05) is 30.3 Å². The lowest BCUT2D eigenvalue weighted by molar-refractivity contribution is -0.384. The number of methoxy groups -OCH3 is 1. The number of aromatic nitrogens is 2. The highest BCUT2D eigenvalue weighted by Gasteiger charge is 2.35. The van der Waals surface area contributed by atoms with Gasteiger partial charge in [0, 0.05) is 17.9 Å². The number of carbonyl (C=O) groups excluding carboxylic acids is 1. The van der Waals surface area contributed by atoms with Crippen LogP contribution in [0.2, 0.25) is 0 Å². The predicted molar refractivity (Wildman–Crippen MR) is 136 cm³/mol. The lowest BCUT2D eigenvalue weighted by Crippen LogP contribution is -2.47. The highest BCUT2D eigenvalue weighted by molar-refractivity contribution is 8.00. The Morgan fingerprint density at radius 2 is 1.97 bits per heavy atom. The van der Waals surface area contributed by atoms with E-state index in [-0.39, 0.29) is 28.7 Å². The Hall–Kier alpha value is -3.23. The number of nitro benzene ring substituents is 1. The third kappa shape index (κ3) is 6.68. The molecule has 0 fully saturated rings. The van der Waals surface area contributed by atoms with Gasteiger partial charge in [0.2, 0.25) is 21.1 Å². The summed E-state index contributed by atoms with van der Waals surface area (Å²) in [7, 11) is -2.73. The van der Waals surface area contributed by atoms with Crippen LogP contribution >= 0.6 is 23.1 Å². The lowest BCUT2D eigenvalue weighted by Gasteiger charge is -2.30. The van der Waals surface area contributed by atoms with Crippen LogP contribution in [0.1, 0.15) is 18.9 Å². The smallest absolute Gasteiger partial charge is 0.271 e. The monoisotopic (exact) mass is 537 g/mol. The second-order valence-corrected chi connectivity index (χ2v) is 11.3. The SMILES string of the molecule is CCC(C(=O)Nc1nnc(SCc2ccccc2)s1)N(c1cc([N+](=O)[O-])ccc1OC)S(C)(=O)=O. The van der Waals surface area contributed by atoms with Gasteiger partial charge in [0.25, 0.3) is 5.69 Å². The second kappa shape index (κ2) is 11.5. The van der Waals surface area contributed by atoms with Crippen molar-refractivity contribution in [1.29, 1.82) is 0 Å². The molecule has 0 bridgehead atoms. The summed E-state index contributed by atoms with van der Waals surface area (Å²) >= 11 is 2.62. The molecular formula is C21H23N5O6S3. The van der Waals surface area contributed by atoms with Gasteiger partial charge in [-0.2, -0.15) is 0 Å². The van der Waals surface area contributed by atoms with Crippen LogP contribution in [-0.2, 0) is 20.6 Å². The van der Waals surface area contributed by atoms with Crippen LogP contribution < -0.4 is 14.4 Å². The zero-order chi connectivity index (χ0) is 25.6. The molecule has 1 unspecified atom stereocenters. The molecule has 0 aliphatic heterocycles. The van der Waals surface area contributed by atoms with Crippen molar-refractivity contribution in [2.45, 2.75) is 29.5 Å². The van der Waals surface area contributed by atoms with Crippen LogP contribution in [0.25, 0.3) is 0 Å². The zero-order valence-electron chi connectivity index (χ0n) is 19.1. The quantitative estimate of drug-likeness (QED) is 0.166. The molecule has 0 aliphatic carbocycles. The van der Waals surface area contributed by atoms with Crippen LogP contribution in [0, 0.1) is 10.1 Å². The first kappa shape index (κ1) is 26.4. The fraction of sp³-hybridized carbons (Fsp3) is 0.286. The lowest BCUT2D eigenvalue weighted by atomic mass is 10.1. The van der Waals surface area contributed by atoms with E-state index in [1.54, 1.807) is 6.92 Å². The minimum Gasteiger partial charge on any atom is -0.495 e. The molecule has 3 rings (SSSR count). The van der Waals surface area contributed by atoms with E-state index in [0.29, 0.717) is 10.1 Å². The summed E-state index contributed by atoms with van der Waals surface area (Å²) < 4.78 is 32.2. The first-order valence-electron chi connectivity index (χ1n) is 10.3. The van der Waals surface area contributed by atoms with Crippen molar-refractivity contribution in [3.8, 4) is 5.75 Å². The predicted octanol–water partition coefficient (Wildman–Crippen LogP) is 3.93.